The van der Waals surface area contributed by atoms with E-state index < -0.39 is 240 Å². The van der Waals surface area contributed by atoms with Crippen molar-refractivity contribution >= 4 is 129 Å². The molecule has 43 heteroatoms. The Morgan fingerprint density at radius 1 is 0.434 bits per heavy atom. The van der Waals surface area contributed by atoms with Crippen molar-refractivity contribution in [3.05, 3.63) is 167 Å². The number of rotatable bonds is 31. The van der Waals surface area contributed by atoms with Gasteiger partial charge in [-0.3, -0.25) is 81.5 Å². The van der Waals surface area contributed by atoms with Crippen LogP contribution in [0, 0.1) is 23.7 Å². The molecule has 0 spiro atoms. The number of aliphatic hydroxyl groups is 1. The summed E-state index contributed by atoms with van der Waals surface area (Å²) < 4.78 is 0. The van der Waals surface area contributed by atoms with Crippen molar-refractivity contribution in [1.82, 2.24) is 90.1 Å². The summed E-state index contributed by atoms with van der Waals surface area (Å²) in [5, 5.41) is 64.1. The number of aromatic nitrogens is 1. The highest BCUT2D eigenvalue weighted by atomic mass is 32.2. The summed E-state index contributed by atoms with van der Waals surface area (Å²) in [6.07, 6.45) is 2.35. The lowest BCUT2D eigenvalue weighted by Crippen LogP contribution is -2.62. The Morgan fingerprint density at radius 2 is 0.860 bits per heavy atom. The van der Waals surface area contributed by atoms with Gasteiger partial charge in [0.2, 0.25) is 94.5 Å². The molecule has 0 radical (unpaired) electrons. The van der Waals surface area contributed by atoms with Crippen molar-refractivity contribution in [2.75, 3.05) is 37.7 Å². The third-order valence-electron chi connectivity index (χ3n) is 24.5. The first-order valence-corrected chi connectivity index (χ1v) is 49.6. The number of amides is 18. The molecular formula is C100H140N22O20S. The predicted octanol–water partition coefficient (Wildman–Crippen LogP) is -0.580. The minimum Gasteiger partial charge on any atom is -0.481 e. The minimum atomic E-state index is -2.06. The SMILES string of the molecule is CC(C)C[C@@H]1NC(=O)[C@H](Cc2c[nH]c3ccccc23)NC(=O)[C@H](CC(=O)O)NC(=O)[C@H](Cc2ccc(CN)cc2)NC(=O)[C@H](Cc2ccccc2)NC(=O)CSC[C@@H](C(=O)N[C@@H](C)C(N)=O)NC(=O)[C@H](CO)NC(=O)[C@H](C(C)C)NC(=O)[C@H](CC2CCCCC2)NC(=O)[C@H](CN)NC(=O)[C@@H](CC(C)C)NC(=O)[C@H](CCCN)NC(=O)[C@H](CCCNC(N)=O)NC(=O)[C@H](Cc2ccc(-c3ccccc3)cc2)NC1=O. The number of urea groups is 1. The highest BCUT2D eigenvalue weighted by Crippen LogP contribution is 2.29. The number of carbonyl (C=O) groups is 18. The maximum Gasteiger partial charge on any atom is 0.312 e. The largest absolute Gasteiger partial charge is 0.481 e. The Balaban J connectivity index is 1.23. The zero-order valence-electron chi connectivity index (χ0n) is 81.8. The van der Waals surface area contributed by atoms with Gasteiger partial charge in [-0.25, -0.2) is 4.79 Å². The fraction of sp³-hybridized carbons (Fsp3) is 0.500. The van der Waals surface area contributed by atoms with E-state index in [-0.39, 0.29) is 102 Å². The summed E-state index contributed by atoms with van der Waals surface area (Å²) in [5.74, 6) is -20.5. The fourth-order valence-electron chi connectivity index (χ4n) is 16.7. The van der Waals surface area contributed by atoms with E-state index in [1.165, 1.54) is 6.92 Å². The average molecular weight is 2000 g/mol. The molecule has 5 aromatic carbocycles. The molecule has 18 amide bonds. The van der Waals surface area contributed by atoms with Gasteiger partial charge in [-0.2, -0.15) is 0 Å². The van der Waals surface area contributed by atoms with Crippen LogP contribution in [-0.4, -0.2) is 250 Å². The fourth-order valence-corrected chi connectivity index (χ4v) is 17.5. The first-order valence-electron chi connectivity index (χ1n) is 48.4. The summed E-state index contributed by atoms with van der Waals surface area (Å²) in [6, 6.07) is 12.8. The van der Waals surface area contributed by atoms with Crippen LogP contribution in [0.25, 0.3) is 22.0 Å². The number of aliphatic hydroxyl groups excluding tert-OH is 1. The van der Waals surface area contributed by atoms with E-state index in [4.69, 9.17) is 28.7 Å². The van der Waals surface area contributed by atoms with Crippen LogP contribution in [0.4, 0.5) is 4.79 Å². The molecule has 6 aromatic rings. The zero-order valence-corrected chi connectivity index (χ0v) is 82.6. The third kappa shape index (κ3) is 37.5. The standard InChI is InChI=1S/C100H140N22O20S/c1-55(2)41-71-88(130)114-74(46-62-35-37-65(38-36-62)64-25-15-10-16-26-64)91(133)111-70(30-20-40-106-100(105)142)86(128)110-69(29-19-39-101)87(129)112-72(42-56(3)4)89(131)119-79(50-103)96(138)116-76(44-60-23-13-9-14-24-60)95(137)122-84(57(5)6)99(141)120-80(52-123)97(139)121-81(98(140)108-58(7)85(104)127)53-143-54-82(124)109-73(43-59-21-11-8-12-22-59)90(132)115-75(45-61-31-33-63(49-102)34-32-61)92(134)118-78(48-83(125)126)94(136)117-77(93(135)113-71)47-66-51-107-68-28-18-17-27-67(66)68/h8,10-12,15-18,21-22,25-28,31-38,51,55-58,60,69-81,84,107,123H,9,13-14,19-20,23-24,29-30,39-50,52-54,101-103H2,1-7H3,(H2,104,127)(H,108,140)(H,109,124)(H,110,128)(H,111,133)(H,112,129)(H,113,135)(H,114,130)(H,115,132)(H,116,138)(H,117,136)(H,118,134)(H,119,131)(H,120,141)(H,121,139)(H,122,137)(H,125,126)(H3,105,106,142)/t58-,69-,70-,71-,72+,73-,74-,75-,76-,77-,78-,79-,80-,81-,84-/m0/s1. The van der Waals surface area contributed by atoms with E-state index in [0.717, 1.165) is 42.2 Å². The highest BCUT2D eigenvalue weighted by Gasteiger charge is 2.41. The number of aromatic amines is 1. The molecule has 0 bridgehead atoms. The third-order valence-corrected chi connectivity index (χ3v) is 25.6. The van der Waals surface area contributed by atoms with E-state index in [1.54, 1.807) is 151 Å². The topological polar surface area (TPSA) is 686 Å². The van der Waals surface area contributed by atoms with E-state index in [1.807, 2.05) is 30.3 Å². The van der Waals surface area contributed by atoms with Gasteiger partial charge in [-0.05, 0) is 127 Å². The monoisotopic (exact) mass is 2000 g/mol. The molecule has 2 aliphatic rings. The van der Waals surface area contributed by atoms with Crippen LogP contribution in [0.1, 0.15) is 160 Å². The lowest BCUT2D eigenvalue weighted by Gasteiger charge is -2.31. The lowest BCUT2D eigenvalue weighted by atomic mass is 9.84. The number of primary amides is 2. The van der Waals surface area contributed by atoms with Crippen molar-refractivity contribution in [3.63, 3.8) is 0 Å². The summed E-state index contributed by atoms with van der Waals surface area (Å²) in [4.78, 5) is 266. The molecule has 2 heterocycles. The second-order valence-electron chi connectivity index (χ2n) is 37.4. The molecule has 1 saturated carbocycles. The molecule has 1 aliphatic carbocycles. The van der Waals surface area contributed by atoms with Gasteiger partial charge in [0, 0.05) is 68.2 Å². The van der Waals surface area contributed by atoms with Gasteiger partial charge in [0.05, 0.1) is 18.8 Å². The molecule has 1 aliphatic heterocycles. The number of carbonyl (C=O) groups excluding carboxylic acids is 17. The minimum absolute atomic E-state index is 0.0172. The van der Waals surface area contributed by atoms with Crippen LogP contribution in [0.3, 0.4) is 0 Å². The van der Waals surface area contributed by atoms with Crippen LogP contribution in [-0.2, 0) is 114 Å². The molecule has 2 fully saturated rings. The lowest BCUT2D eigenvalue weighted by molar-refractivity contribution is -0.141. The van der Waals surface area contributed by atoms with Gasteiger partial charge in [-0.1, -0.05) is 201 Å². The molecule has 143 heavy (non-hydrogen) atoms. The highest BCUT2D eigenvalue weighted by molar-refractivity contribution is 8.00. The van der Waals surface area contributed by atoms with Gasteiger partial charge >= 0.3 is 12.0 Å². The van der Waals surface area contributed by atoms with Crippen LogP contribution in [0.2, 0.25) is 0 Å². The maximum absolute atomic E-state index is 15.6. The molecule has 0 unspecified atom stereocenters. The number of carboxylic acid groups (broad SMARTS) is 1. The number of thioether (sulfide) groups is 1. The van der Waals surface area contributed by atoms with Crippen LogP contribution >= 0.6 is 11.8 Å². The number of aliphatic carboxylic acids is 1. The number of nitrogens with two attached hydrogens (primary N) is 5. The quantitative estimate of drug-likeness (QED) is 0.0242. The van der Waals surface area contributed by atoms with E-state index in [0.29, 0.717) is 51.6 Å². The van der Waals surface area contributed by atoms with Crippen LogP contribution in [0.5, 0.6) is 0 Å². The molecule has 1 aromatic heterocycles. The molecule has 29 N–H and O–H groups in total. The molecule has 8 rings (SSSR count). The Bertz CT molecular complexity index is 5320. The van der Waals surface area contributed by atoms with Crippen LogP contribution in [0.15, 0.2) is 140 Å². The summed E-state index contributed by atoms with van der Waals surface area (Å²) >= 11 is 0.729. The molecule has 15 atom stereocenters. The number of benzene rings is 5. The first kappa shape index (κ1) is 114. The van der Waals surface area contributed by atoms with Gasteiger partial charge < -0.3 is 129 Å². The number of fused-ring (bicyclic) bond motifs is 1. The summed E-state index contributed by atoms with van der Waals surface area (Å²) in [7, 11) is 0. The van der Waals surface area contributed by atoms with Gasteiger partial charge in [0.15, 0.2) is 0 Å². The molecule has 1 saturated heterocycles. The number of H-pyrrole nitrogens is 1. The van der Waals surface area contributed by atoms with E-state index >= 15 is 33.6 Å². The number of hydrogen-bond acceptors (Lipinski definition) is 23. The number of nitrogens with one attached hydrogen (secondary N) is 17. The van der Waals surface area contributed by atoms with Crippen molar-refractivity contribution in [2.45, 2.75) is 255 Å². The number of hydrogen-bond donors (Lipinski definition) is 24. The van der Waals surface area contributed by atoms with Crippen molar-refractivity contribution in [2.24, 2.45) is 52.3 Å². The van der Waals surface area contributed by atoms with Crippen molar-refractivity contribution in [1.29, 1.82) is 0 Å². The maximum atomic E-state index is 15.6. The predicted molar refractivity (Wildman–Crippen MR) is 535 cm³/mol. The van der Waals surface area contributed by atoms with Crippen molar-refractivity contribution < 1.29 is 96.5 Å². The smallest absolute Gasteiger partial charge is 0.312 e. The Morgan fingerprint density at radius 3 is 1.38 bits per heavy atom. The number of carboxylic acids is 1. The molecular weight excluding hydrogens is 1860 g/mol. The summed E-state index contributed by atoms with van der Waals surface area (Å²) in [5.41, 5.74) is 34.0. The Kier molecular flexibility index (Phi) is 46.3. The molecule has 42 nitrogen and oxygen atoms in total. The van der Waals surface area contributed by atoms with E-state index in [9.17, 15) is 63.0 Å². The normalized spacial score (nSPS) is 23.4. The van der Waals surface area contributed by atoms with E-state index in [2.05, 4.69) is 90.1 Å². The average Bonchev–Trinajstić information content (AvgIpc) is 1.72. The van der Waals surface area contributed by atoms with Gasteiger partial charge in [0.1, 0.15) is 90.6 Å². The second kappa shape index (κ2) is 57.9. The summed E-state index contributed by atoms with van der Waals surface area (Å²) in [6.45, 7) is 9.58. The molecule has 776 valence electrons. The zero-order chi connectivity index (χ0) is 105. The van der Waals surface area contributed by atoms with Crippen molar-refractivity contribution in [3.8, 4) is 11.1 Å². The second-order valence-corrected chi connectivity index (χ2v) is 38.4. The number of para-hydroxylation sites is 1. The first-order chi connectivity index (χ1) is 68.2. The van der Waals surface area contributed by atoms with Gasteiger partial charge in [-0.15, -0.1) is 11.8 Å². The van der Waals surface area contributed by atoms with Gasteiger partial charge in [0.25, 0.3) is 0 Å². The Hall–Kier alpha value is -13.9. The Labute approximate surface area is 834 Å². The van der Waals surface area contributed by atoms with Crippen LogP contribution < -0.4 is 114 Å².